The van der Waals surface area contributed by atoms with Crippen molar-refractivity contribution in [3.63, 3.8) is 0 Å². The first-order valence-electron chi connectivity index (χ1n) is 7.66. The second kappa shape index (κ2) is 7.19. The van der Waals surface area contributed by atoms with E-state index in [0.29, 0.717) is 31.9 Å². The standard InChI is InChI=1S/C16H18ClFN4O2/c1-22-15-5-7-24-9-11(15)14(21-22)4-6-19-16(23)20-10-2-3-13(18)12(17)8-10/h2-3,8H,4-7,9H2,1H3,(H2,19,20,23). The third-order valence-corrected chi connectivity index (χ3v) is 4.20. The number of urea groups is 1. The molecule has 24 heavy (non-hydrogen) atoms. The third kappa shape index (κ3) is 3.68. The van der Waals surface area contributed by atoms with Crippen molar-refractivity contribution in [2.24, 2.45) is 7.05 Å². The van der Waals surface area contributed by atoms with Crippen LogP contribution in [0, 0.1) is 5.82 Å². The van der Waals surface area contributed by atoms with Crippen molar-refractivity contribution < 1.29 is 13.9 Å². The van der Waals surface area contributed by atoms with Crippen molar-refractivity contribution in [2.75, 3.05) is 18.5 Å². The van der Waals surface area contributed by atoms with Gasteiger partial charge in [0, 0.05) is 43.4 Å². The molecule has 0 bridgehead atoms. The largest absolute Gasteiger partial charge is 0.376 e. The summed E-state index contributed by atoms with van der Waals surface area (Å²) >= 11 is 5.68. The molecule has 2 heterocycles. The van der Waals surface area contributed by atoms with Crippen molar-refractivity contribution in [1.29, 1.82) is 0 Å². The van der Waals surface area contributed by atoms with Gasteiger partial charge < -0.3 is 15.4 Å². The molecule has 0 saturated heterocycles. The number of fused-ring (bicyclic) bond motifs is 1. The van der Waals surface area contributed by atoms with Gasteiger partial charge in [-0.3, -0.25) is 4.68 Å². The average molecular weight is 353 g/mol. The van der Waals surface area contributed by atoms with Crippen molar-refractivity contribution >= 4 is 23.3 Å². The van der Waals surface area contributed by atoms with Gasteiger partial charge in [0.05, 0.1) is 23.9 Å². The van der Waals surface area contributed by atoms with Gasteiger partial charge in [0.15, 0.2) is 0 Å². The lowest BCUT2D eigenvalue weighted by Gasteiger charge is -2.13. The van der Waals surface area contributed by atoms with Gasteiger partial charge >= 0.3 is 6.03 Å². The minimum atomic E-state index is -0.523. The number of hydrogen-bond donors (Lipinski definition) is 2. The van der Waals surface area contributed by atoms with Gasteiger partial charge in [-0.1, -0.05) is 11.6 Å². The number of carbonyl (C=O) groups excluding carboxylic acids is 1. The van der Waals surface area contributed by atoms with Crippen LogP contribution >= 0.6 is 11.6 Å². The summed E-state index contributed by atoms with van der Waals surface area (Å²) in [6, 6.07) is 3.65. The van der Waals surface area contributed by atoms with Crippen LogP contribution in [0.2, 0.25) is 5.02 Å². The first kappa shape index (κ1) is 16.7. The van der Waals surface area contributed by atoms with Crippen LogP contribution in [0.4, 0.5) is 14.9 Å². The van der Waals surface area contributed by atoms with Gasteiger partial charge in [-0.25, -0.2) is 9.18 Å². The molecule has 0 saturated carbocycles. The third-order valence-electron chi connectivity index (χ3n) is 3.91. The van der Waals surface area contributed by atoms with Gasteiger partial charge in [-0.2, -0.15) is 5.10 Å². The number of amides is 2. The molecule has 2 N–H and O–H groups in total. The molecule has 0 spiro atoms. The molecule has 3 rings (SSSR count). The van der Waals surface area contributed by atoms with Crippen molar-refractivity contribution in [2.45, 2.75) is 19.4 Å². The topological polar surface area (TPSA) is 68.2 Å². The lowest BCUT2D eigenvalue weighted by molar-refractivity contribution is 0.108. The second-order valence-corrected chi connectivity index (χ2v) is 5.97. The van der Waals surface area contributed by atoms with E-state index >= 15 is 0 Å². The monoisotopic (exact) mass is 352 g/mol. The number of nitrogens with zero attached hydrogens (tertiary/aromatic N) is 2. The Bertz CT molecular complexity index is 763. The molecular formula is C16H18ClFN4O2. The highest BCUT2D eigenvalue weighted by Crippen LogP contribution is 2.21. The van der Waals surface area contributed by atoms with E-state index in [0.717, 1.165) is 17.7 Å². The average Bonchev–Trinajstić information content (AvgIpc) is 2.88. The smallest absolute Gasteiger partial charge is 0.319 e. The molecule has 0 atom stereocenters. The van der Waals surface area contributed by atoms with Crippen molar-refractivity contribution in [1.82, 2.24) is 15.1 Å². The Morgan fingerprint density at radius 1 is 1.50 bits per heavy atom. The molecule has 1 aliphatic rings. The van der Waals surface area contributed by atoms with E-state index in [2.05, 4.69) is 15.7 Å². The summed E-state index contributed by atoms with van der Waals surface area (Å²) in [5.41, 5.74) is 3.69. The molecular weight excluding hydrogens is 335 g/mol. The van der Waals surface area contributed by atoms with E-state index in [4.69, 9.17) is 16.3 Å². The van der Waals surface area contributed by atoms with Crippen LogP contribution in [-0.4, -0.2) is 29.0 Å². The van der Waals surface area contributed by atoms with E-state index in [1.54, 1.807) is 0 Å². The number of aromatic nitrogens is 2. The Morgan fingerprint density at radius 3 is 3.12 bits per heavy atom. The predicted molar refractivity (Wildman–Crippen MR) is 88.7 cm³/mol. The first-order valence-corrected chi connectivity index (χ1v) is 8.03. The molecule has 0 radical (unpaired) electrons. The number of anilines is 1. The summed E-state index contributed by atoms with van der Waals surface area (Å²) in [7, 11) is 1.92. The fraction of sp³-hybridized carbons (Fsp3) is 0.375. The Kier molecular flexibility index (Phi) is 5.01. The van der Waals surface area contributed by atoms with Crippen LogP contribution in [0.25, 0.3) is 0 Å². The summed E-state index contributed by atoms with van der Waals surface area (Å²) in [6.45, 7) is 1.72. The minimum Gasteiger partial charge on any atom is -0.376 e. The number of carbonyl (C=O) groups is 1. The highest BCUT2D eigenvalue weighted by Gasteiger charge is 2.19. The van der Waals surface area contributed by atoms with Crippen LogP contribution in [0.3, 0.4) is 0 Å². The molecule has 0 fully saturated rings. The zero-order valence-corrected chi connectivity index (χ0v) is 14.0. The Balaban J connectivity index is 1.53. The molecule has 0 unspecified atom stereocenters. The highest BCUT2D eigenvalue weighted by molar-refractivity contribution is 6.31. The SMILES string of the molecule is Cn1nc(CCNC(=O)Nc2ccc(F)c(Cl)c2)c2c1CCOC2. The van der Waals surface area contributed by atoms with E-state index in [1.807, 2.05) is 11.7 Å². The number of rotatable bonds is 4. The van der Waals surface area contributed by atoms with Crippen LogP contribution in [0.15, 0.2) is 18.2 Å². The number of nitrogens with one attached hydrogen (secondary N) is 2. The highest BCUT2D eigenvalue weighted by atomic mass is 35.5. The number of aryl methyl sites for hydroxylation is 1. The molecule has 0 aliphatic carbocycles. The summed E-state index contributed by atoms with van der Waals surface area (Å²) in [5.74, 6) is -0.523. The summed E-state index contributed by atoms with van der Waals surface area (Å²) < 4.78 is 20.5. The van der Waals surface area contributed by atoms with Crippen molar-refractivity contribution in [3.8, 4) is 0 Å². The molecule has 1 aromatic heterocycles. The van der Waals surface area contributed by atoms with Crippen LogP contribution in [0.5, 0.6) is 0 Å². The minimum absolute atomic E-state index is 0.0343. The first-order chi connectivity index (χ1) is 11.5. The number of ether oxygens (including phenoxy) is 1. The van der Waals surface area contributed by atoms with Gasteiger partial charge in [-0.05, 0) is 18.2 Å². The lowest BCUT2D eigenvalue weighted by Crippen LogP contribution is -2.30. The normalized spacial score (nSPS) is 13.5. The van der Waals surface area contributed by atoms with Crippen LogP contribution in [-0.2, 0) is 31.2 Å². The van der Waals surface area contributed by atoms with E-state index in [-0.39, 0.29) is 11.1 Å². The molecule has 2 amide bonds. The number of benzene rings is 1. The van der Waals surface area contributed by atoms with Gasteiger partial charge in [-0.15, -0.1) is 0 Å². The fourth-order valence-corrected chi connectivity index (χ4v) is 2.91. The van der Waals surface area contributed by atoms with Gasteiger partial charge in [0.2, 0.25) is 0 Å². The van der Waals surface area contributed by atoms with Gasteiger partial charge in [0.1, 0.15) is 5.82 Å². The zero-order chi connectivity index (χ0) is 17.1. The van der Waals surface area contributed by atoms with E-state index in [1.165, 1.54) is 23.9 Å². The van der Waals surface area contributed by atoms with Gasteiger partial charge in [0.25, 0.3) is 0 Å². The second-order valence-electron chi connectivity index (χ2n) is 5.56. The maximum atomic E-state index is 13.1. The molecule has 1 aliphatic heterocycles. The molecule has 128 valence electrons. The fourth-order valence-electron chi connectivity index (χ4n) is 2.73. The quantitative estimate of drug-likeness (QED) is 0.888. The molecule has 6 nitrogen and oxygen atoms in total. The summed E-state index contributed by atoms with van der Waals surface area (Å²) in [5, 5.41) is 9.83. The van der Waals surface area contributed by atoms with Crippen molar-refractivity contribution in [3.05, 3.63) is 46.0 Å². The number of halogens is 2. The van der Waals surface area contributed by atoms with Crippen LogP contribution in [0.1, 0.15) is 17.0 Å². The summed E-state index contributed by atoms with van der Waals surface area (Å²) in [4.78, 5) is 11.9. The predicted octanol–water partition coefficient (Wildman–Crippen LogP) is 2.65. The van der Waals surface area contributed by atoms with E-state index in [9.17, 15) is 9.18 Å². The maximum absolute atomic E-state index is 13.1. The van der Waals surface area contributed by atoms with Crippen LogP contribution < -0.4 is 10.6 Å². The number of hydrogen-bond acceptors (Lipinski definition) is 3. The molecule has 2 aromatic rings. The van der Waals surface area contributed by atoms with E-state index < -0.39 is 5.82 Å². The Morgan fingerprint density at radius 2 is 2.33 bits per heavy atom. The summed E-state index contributed by atoms with van der Waals surface area (Å²) in [6.07, 6.45) is 1.47. The Labute approximate surface area is 143 Å². The Hall–Kier alpha value is -2.12. The maximum Gasteiger partial charge on any atom is 0.319 e. The molecule has 8 heteroatoms. The lowest BCUT2D eigenvalue weighted by atomic mass is 10.1. The zero-order valence-electron chi connectivity index (χ0n) is 13.2. The molecule has 1 aromatic carbocycles.